The van der Waals surface area contributed by atoms with Crippen LogP contribution in [0.2, 0.25) is 5.02 Å². The summed E-state index contributed by atoms with van der Waals surface area (Å²) in [6, 6.07) is 16.9. The molecule has 0 aliphatic carbocycles. The molecule has 0 aliphatic heterocycles. The Morgan fingerprint density at radius 3 is 2.59 bits per heavy atom. The summed E-state index contributed by atoms with van der Waals surface area (Å²) in [5.74, 6) is 0.152. The van der Waals surface area contributed by atoms with Crippen LogP contribution < -0.4 is 5.32 Å². The van der Waals surface area contributed by atoms with E-state index in [1.807, 2.05) is 54.6 Å². The number of hydrogen-bond donors (Lipinski definition) is 2. The molecule has 1 atom stereocenters. The monoisotopic (exact) mass is 385 g/mol. The van der Waals surface area contributed by atoms with Gasteiger partial charge in [-0.1, -0.05) is 54.1 Å². The fraction of sp³-hybridized carbons (Fsp3) is 0.263. The average molecular weight is 386 g/mol. The number of rotatable bonds is 8. The Balaban J connectivity index is 1.50. The lowest BCUT2D eigenvalue weighted by Gasteiger charge is -2.15. The van der Waals surface area contributed by atoms with Crippen LogP contribution in [-0.4, -0.2) is 44.4 Å². The molecule has 1 unspecified atom stereocenters. The van der Waals surface area contributed by atoms with E-state index in [0.717, 1.165) is 11.1 Å². The summed E-state index contributed by atoms with van der Waals surface area (Å²) in [7, 11) is 0. The molecular formula is C19H20ClN5O2. The zero-order valence-corrected chi connectivity index (χ0v) is 15.4. The fourth-order valence-corrected chi connectivity index (χ4v) is 2.74. The summed E-state index contributed by atoms with van der Waals surface area (Å²) in [6.07, 6.45) is 0.647. The van der Waals surface area contributed by atoms with Gasteiger partial charge in [0, 0.05) is 29.7 Å². The minimum absolute atomic E-state index is 0.0252. The number of carbonyl (C=O) groups excluding carboxylic acids is 1. The number of hydrogen-bond acceptors (Lipinski definition) is 5. The molecule has 1 heterocycles. The van der Waals surface area contributed by atoms with Gasteiger partial charge >= 0.3 is 0 Å². The Labute approximate surface area is 162 Å². The fourth-order valence-electron chi connectivity index (χ4n) is 2.61. The van der Waals surface area contributed by atoms with E-state index >= 15 is 0 Å². The van der Waals surface area contributed by atoms with Crippen LogP contribution in [0.1, 0.15) is 5.56 Å². The highest BCUT2D eigenvalue weighted by Gasteiger charge is 2.13. The first-order valence-corrected chi connectivity index (χ1v) is 8.97. The lowest BCUT2D eigenvalue weighted by molar-refractivity contribution is -0.122. The molecule has 3 rings (SSSR count). The molecule has 2 aromatic carbocycles. The summed E-state index contributed by atoms with van der Waals surface area (Å²) in [5.41, 5.74) is 1.89. The summed E-state index contributed by atoms with van der Waals surface area (Å²) in [4.78, 5) is 13.4. The Bertz CT molecular complexity index is 867. The van der Waals surface area contributed by atoms with Gasteiger partial charge in [-0.2, -0.15) is 4.80 Å². The van der Waals surface area contributed by atoms with Crippen LogP contribution >= 0.6 is 11.6 Å². The largest absolute Gasteiger partial charge is 0.396 e. The summed E-state index contributed by atoms with van der Waals surface area (Å²) >= 11 is 5.88. The van der Waals surface area contributed by atoms with E-state index in [4.69, 9.17) is 11.6 Å². The first kappa shape index (κ1) is 19.0. The normalized spacial score (nSPS) is 11.9. The number of benzene rings is 2. The number of aliphatic hydroxyl groups excluding tert-OH is 1. The van der Waals surface area contributed by atoms with Crippen LogP contribution in [0.15, 0.2) is 54.6 Å². The molecule has 0 saturated carbocycles. The van der Waals surface area contributed by atoms with Gasteiger partial charge in [0.15, 0.2) is 0 Å². The van der Waals surface area contributed by atoms with Crippen LogP contribution in [0.25, 0.3) is 11.4 Å². The molecule has 0 radical (unpaired) electrons. The predicted molar refractivity (Wildman–Crippen MR) is 102 cm³/mol. The van der Waals surface area contributed by atoms with Gasteiger partial charge in [0.25, 0.3) is 0 Å². The van der Waals surface area contributed by atoms with Crippen molar-refractivity contribution in [1.29, 1.82) is 0 Å². The van der Waals surface area contributed by atoms with Crippen molar-refractivity contribution in [1.82, 2.24) is 25.5 Å². The van der Waals surface area contributed by atoms with Crippen LogP contribution in [-0.2, 0) is 17.8 Å². The standard InChI is InChI=1S/C19H20ClN5O2/c20-17-8-6-14(7-9-17)10-15(13-26)11-21-18(27)12-25-23-19(22-24-25)16-4-2-1-3-5-16/h1-9,15,26H,10-13H2,(H,21,27). The third-order valence-corrected chi connectivity index (χ3v) is 4.31. The maximum atomic E-state index is 12.1. The Morgan fingerprint density at radius 1 is 1.15 bits per heavy atom. The van der Waals surface area contributed by atoms with E-state index in [-0.39, 0.29) is 25.0 Å². The number of carbonyl (C=O) groups is 1. The van der Waals surface area contributed by atoms with Crippen molar-refractivity contribution in [2.75, 3.05) is 13.2 Å². The topological polar surface area (TPSA) is 92.9 Å². The van der Waals surface area contributed by atoms with Crippen molar-refractivity contribution in [2.45, 2.75) is 13.0 Å². The number of halogens is 1. The van der Waals surface area contributed by atoms with E-state index in [0.29, 0.717) is 23.8 Å². The maximum absolute atomic E-state index is 12.1. The van der Waals surface area contributed by atoms with E-state index in [1.54, 1.807) is 0 Å². The molecule has 0 aliphatic rings. The minimum atomic E-state index is -0.235. The molecule has 3 aromatic rings. The van der Waals surface area contributed by atoms with Gasteiger partial charge in [-0.05, 0) is 29.3 Å². The number of tetrazole rings is 1. The van der Waals surface area contributed by atoms with Gasteiger partial charge < -0.3 is 10.4 Å². The molecule has 0 saturated heterocycles. The number of amides is 1. The molecule has 27 heavy (non-hydrogen) atoms. The zero-order valence-electron chi connectivity index (χ0n) is 14.6. The van der Waals surface area contributed by atoms with Crippen molar-refractivity contribution in [3.63, 3.8) is 0 Å². The second kappa shape index (κ2) is 9.25. The number of nitrogens with one attached hydrogen (secondary N) is 1. The molecule has 140 valence electrons. The highest BCUT2D eigenvalue weighted by molar-refractivity contribution is 6.30. The van der Waals surface area contributed by atoms with Gasteiger partial charge in [-0.25, -0.2) is 0 Å². The number of aromatic nitrogens is 4. The lowest BCUT2D eigenvalue weighted by Crippen LogP contribution is -2.34. The van der Waals surface area contributed by atoms with E-state index in [2.05, 4.69) is 20.7 Å². The molecule has 0 spiro atoms. The highest BCUT2D eigenvalue weighted by Crippen LogP contribution is 2.13. The second-order valence-electron chi connectivity index (χ2n) is 6.19. The molecule has 0 bridgehead atoms. The Hall–Kier alpha value is -2.77. The van der Waals surface area contributed by atoms with Crippen molar-refractivity contribution in [3.05, 3.63) is 65.2 Å². The van der Waals surface area contributed by atoms with Gasteiger partial charge in [0.1, 0.15) is 6.54 Å². The maximum Gasteiger partial charge on any atom is 0.243 e. The Kier molecular flexibility index (Phi) is 6.51. The van der Waals surface area contributed by atoms with Gasteiger partial charge in [-0.15, -0.1) is 10.2 Å². The second-order valence-corrected chi connectivity index (χ2v) is 6.63. The number of nitrogens with zero attached hydrogens (tertiary/aromatic N) is 4. The molecule has 0 fully saturated rings. The molecule has 8 heteroatoms. The SMILES string of the molecule is O=C(Cn1nnc(-c2ccccc2)n1)NCC(CO)Cc1ccc(Cl)cc1. The highest BCUT2D eigenvalue weighted by atomic mass is 35.5. The van der Waals surface area contributed by atoms with Crippen LogP contribution in [0, 0.1) is 5.92 Å². The summed E-state index contributed by atoms with van der Waals surface area (Å²) in [5, 5.41) is 25.1. The average Bonchev–Trinajstić information content (AvgIpc) is 3.16. The minimum Gasteiger partial charge on any atom is -0.396 e. The predicted octanol–water partition coefficient (Wildman–Crippen LogP) is 1.96. The van der Waals surface area contributed by atoms with Crippen LogP contribution in [0.4, 0.5) is 0 Å². The summed E-state index contributed by atoms with van der Waals surface area (Å²) < 4.78 is 0. The van der Waals surface area contributed by atoms with Crippen LogP contribution in [0.5, 0.6) is 0 Å². The van der Waals surface area contributed by atoms with Crippen LogP contribution in [0.3, 0.4) is 0 Å². The smallest absolute Gasteiger partial charge is 0.243 e. The first-order valence-electron chi connectivity index (χ1n) is 8.59. The van der Waals surface area contributed by atoms with E-state index in [1.165, 1.54) is 4.80 Å². The van der Waals surface area contributed by atoms with E-state index in [9.17, 15) is 9.90 Å². The number of aliphatic hydroxyl groups is 1. The van der Waals surface area contributed by atoms with E-state index < -0.39 is 0 Å². The molecule has 1 amide bonds. The van der Waals surface area contributed by atoms with Crippen molar-refractivity contribution in [2.24, 2.45) is 5.92 Å². The third-order valence-electron chi connectivity index (χ3n) is 4.05. The van der Waals surface area contributed by atoms with Crippen molar-refractivity contribution in [3.8, 4) is 11.4 Å². The molecule has 2 N–H and O–H groups in total. The van der Waals surface area contributed by atoms with Gasteiger partial charge in [0.05, 0.1) is 0 Å². The lowest BCUT2D eigenvalue weighted by atomic mass is 10.00. The molecule has 1 aromatic heterocycles. The van der Waals surface area contributed by atoms with Gasteiger partial charge in [0.2, 0.25) is 11.7 Å². The summed E-state index contributed by atoms with van der Waals surface area (Å²) in [6.45, 7) is 0.305. The third kappa shape index (κ3) is 5.60. The van der Waals surface area contributed by atoms with Crippen molar-refractivity contribution >= 4 is 17.5 Å². The van der Waals surface area contributed by atoms with Crippen molar-refractivity contribution < 1.29 is 9.90 Å². The molecular weight excluding hydrogens is 366 g/mol. The first-order chi connectivity index (χ1) is 13.1. The quantitative estimate of drug-likeness (QED) is 0.618. The zero-order chi connectivity index (χ0) is 19.1. The molecule has 7 nitrogen and oxygen atoms in total. The Morgan fingerprint density at radius 2 is 1.89 bits per heavy atom. The van der Waals surface area contributed by atoms with Gasteiger partial charge in [-0.3, -0.25) is 4.79 Å².